The van der Waals surface area contributed by atoms with Crippen molar-refractivity contribution in [1.29, 1.82) is 0 Å². The van der Waals surface area contributed by atoms with Gasteiger partial charge in [-0.3, -0.25) is 9.89 Å². The van der Waals surface area contributed by atoms with E-state index in [2.05, 4.69) is 34.5 Å². The first kappa shape index (κ1) is 15.8. The number of nitrogens with zero attached hydrogens (tertiary/aromatic N) is 2. The minimum Gasteiger partial charge on any atom is -0.378 e. The molecule has 0 saturated heterocycles. The largest absolute Gasteiger partial charge is 0.378 e. The summed E-state index contributed by atoms with van der Waals surface area (Å²) in [6, 6.07) is 11.8. The lowest BCUT2D eigenvalue weighted by Gasteiger charge is -2.03. The van der Waals surface area contributed by atoms with Crippen molar-refractivity contribution in [1.82, 2.24) is 14.6 Å². The Hall–Kier alpha value is -2.70. The summed E-state index contributed by atoms with van der Waals surface area (Å²) in [6.45, 7) is 2.42. The topological polar surface area (TPSA) is 59.4 Å². The molecule has 0 aliphatic heterocycles. The quantitative estimate of drug-likeness (QED) is 0.607. The third kappa shape index (κ3) is 2.69. The zero-order chi connectivity index (χ0) is 17.4. The fourth-order valence-corrected chi connectivity index (χ4v) is 4.11. The average molecular weight is 351 g/mol. The van der Waals surface area contributed by atoms with Crippen LogP contribution in [0.3, 0.4) is 0 Å². The summed E-state index contributed by atoms with van der Waals surface area (Å²) in [5.74, 6) is 0. The highest BCUT2D eigenvalue weighted by Gasteiger charge is 2.16. The van der Waals surface area contributed by atoms with E-state index in [1.54, 1.807) is 18.4 Å². The molecule has 0 unspecified atom stereocenters. The van der Waals surface area contributed by atoms with E-state index in [0.717, 1.165) is 10.4 Å². The van der Waals surface area contributed by atoms with Crippen molar-refractivity contribution >= 4 is 17.0 Å². The van der Waals surface area contributed by atoms with Gasteiger partial charge in [0.2, 0.25) is 0 Å². The Morgan fingerprint density at radius 3 is 2.80 bits per heavy atom. The fraction of sp³-hybridized carbons (Fsp3) is 0.158. The molecule has 4 aromatic rings. The molecule has 6 heteroatoms. The van der Waals surface area contributed by atoms with Crippen LogP contribution < -0.4 is 5.56 Å². The van der Waals surface area contributed by atoms with Crippen LogP contribution in [0.4, 0.5) is 0 Å². The molecular weight excluding hydrogens is 334 g/mol. The molecule has 0 aliphatic carbocycles. The number of H-pyrrole nitrogens is 1. The number of aromatic nitrogens is 3. The summed E-state index contributed by atoms with van der Waals surface area (Å²) in [4.78, 5) is 18.0. The van der Waals surface area contributed by atoms with Gasteiger partial charge in [-0.1, -0.05) is 30.3 Å². The Balaban J connectivity index is 1.88. The molecule has 126 valence electrons. The first-order valence-corrected chi connectivity index (χ1v) is 8.80. The number of thiophene rings is 1. The minimum atomic E-state index is -0.138. The number of hydrogen-bond acceptors (Lipinski definition) is 4. The number of fused-ring (bicyclic) bond motifs is 1. The highest BCUT2D eigenvalue weighted by Crippen LogP contribution is 2.38. The van der Waals surface area contributed by atoms with Crippen molar-refractivity contribution in [2.45, 2.75) is 13.5 Å². The molecule has 1 N–H and O–H groups in total. The summed E-state index contributed by atoms with van der Waals surface area (Å²) in [6.07, 6.45) is 1.84. The zero-order valence-electron chi connectivity index (χ0n) is 13.9. The van der Waals surface area contributed by atoms with E-state index < -0.39 is 0 Å². The van der Waals surface area contributed by atoms with Gasteiger partial charge in [0, 0.05) is 24.3 Å². The van der Waals surface area contributed by atoms with Crippen molar-refractivity contribution in [3.63, 3.8) is 0 Å². The van der Waals surface area contributed by atoms with Crippen LogP contribution in [0.1, 0.15) is 11.3 Å². The predicted molar refractivity (Wildman–Crippen MR) is 100 cm³/mol. The van der Waals surface area contributed by atoms with Crippen LogP contribution in [-0.2, 0) is 11.3 Å². The lowest BCUT2D eigenvalue weighted by atomic mass is 10.0. The molecule has 0 spiro atoms. The Morgan fingerprint density at radius 2 is 2.04 bits per heavy atom. The van der Waals surface area contributed by atoms with E-state index in [0.29, 0.717) is 17.9 Å². The number of benzene rings is 1. The minimum absolute atomic E-state index is 0.138. The average Bonchev–Trinajstić information content (AvgIpc) is 3.20. The van der Waals surface area contributed by atoms with Gasteiger partial charge in [0.25, 0.3) is 5.56 Å². The second-order valence-corrected chi connectivity index (χ2v) is 6.71. The van der Waals surface area contributed by atoms with Gasteiger partial charge in [0.15, 0.2) is 5.65 Å². The van der Waals surface area contributed by atoms with Crippen molar-refractivity contribution in [2.75, 3.05) is 7.11 Å². The summed E-state index contributed by atoms with van der Waals surface area (Å²) < 4.78 is 6.59. The van der Waals surface area contributed by atoms with Crippen LogP contribution in [0, 0.1) is 6.92 Å². The Bertz CT molecular complexity index is 1090. The van der Waals surface area contributed by atoms with E-state index in [1.807, 2.05) is 24.4 Å². The maximum atomic E-state index is 12.3. The van der Waals surface area contributed by atoms with E-state index in [-0.39, 0.29) is 5.56 Å². The number of ether oxygens (including phenoxy) is 1. The van der Waals surface area contributed by atoms with Gasteiger partial charge in [0.05, 0.1) is 17.9 Å². The third-order valence-electron chi connectivity index (χ3n) is 4.21. The maximum absolute atomic E-state index is 12.3. The lowest BCUT2D eigenvalue weighted by Crippen LogP contribution is -2.15. The first-order valence-electron chi connectivity index (χ1n) is 7.92. The normalized spacial score (nSPS) is 11.3. The molecule has 0 radical (unpaired) electrons. The molecule has 0 atom stereocenters. The molecule has 0 amide bonds. The second-order valence-electron chi connectivity index (χ2n) is 5.83. The summed E-state index contributed by atoms with van der Waals surface area (Å²) in [5.41, 5.74) is 5.63. The van der Waals surface area contributed by atoms with Crippen LogP contribution in [0.15, 0.2) is 52.8 Å². The monoisotopic (exact) mass is 351 g/mol. The van der Waals surface area contributed by atoms with Gasteiger partial charge in [-0.25, -0.2) is 9.50 Å². The summed E-state index contributed by atoms with van der Waals surface area (Å²) in [5, 5.41) is 5.16. The van der Waals surface area contributed by atoms with Gasteiger partial charge in [-0.2, -0.15) is 0 Å². The summed E-state index contributed by atoms with van der Waals surface area (Å²) >= 11 is 1.66. The van der Waals surface area contributed by atoms with Gasteiger partial charge < -0.3 is 4.74 Å². The Labute approximate surface area is 148 Å². The Morgan fingerprint density at radius 1 is 1.24 bits per heavy atom. The molecule has 3 aromatic heterocycles. The van der Waals surface area contributed by atoms with Crippen molar-refractivity contribution in [3.05, 3.63) is 69.6 Å². The highest BCUT2D eigenvalue weighted by molar-refractivity contribution is 7.14. The third-order valence-corrected chi connectivity index (χ3v) is 5.33. The molecule has 4 rings (SSSR count). The highest BCUT2D eigenvalue weighted by atomic mass is 32.1. The fourth-order valence-electron chi connectivity index (χ4n) is 3.00. The molecule has 25 heavy (non-hydrogen) atoms. The molecule has 0 saturated carbocycles. The molecular formula is C19H17N3O2S. The first-order chi connectivity index (χ1) is 12.2. The van der Waals surface area contributed by atoms with E-state index >= 15 is 0 Å². The molecule has 0 aliphatic rings. The van der Waals surface area contributed by atoms with Gasteiger partial charge in [-0.15, -0.1) is 11.3 Å². The maximum Gasteiger partial charge on any atom is 0.272 e. The van der Waals surface area contributed by atoms with Crippen LogP contribution in [0.5, 0.6) is 0 Å². The van der Waals surface area contributed by atoms with E-state index in [1.165, 1.54) is 27.3 Å². The number of hydrogen-bond donors (Lipinski definition) is 1. The smallest absolute Gasteiger partial charge is 0.272 e. The van der Waals surface area contributed by atoms with Gasteiger partial charge >= 0.3 is 0 Å². The predicted octanol–water partition coefficient (Wildman–Crippen LogP) is 3.87. The van der Waals surface area contributed by atoms with Crippen molar-refractivity contribution < 1.29 is 4.74 Å². The van der Waals surface area contributed by atoms with E-state index in [4.69, 9.17) is 4.74 Å². The zero-order valence-corrected chi connectivity index (χ0v) is 14.8. The van der Waals surface area contributed by atoms with Crippen molar-refractivity contribution in [2.24, 2.45) is 0 Å². The second kappa shape index (κ2) is 6.31. The van der Waals surface area contributed by atoms with Crippen LogP contribution in [0.25, 0.3) is 27.2 Å². The molecule has 5 nitrogen and oxygen atoms in total. The molecule has 0 fully saturated rings. The number of nitrogens with one attached hydrogen (secondary N) is 1. The van der Waals surface area contributed by atoms with Crippen LogP contribution >= 0.6 is 11.3 Å². The lowest BCUT2D eigenvalue weighted by molar-refractivity contribution is 0.181. The number of methoxy groups -OCH3 is 1. The molecule has 3 heterocycles. The summed E-state index contributed by atoms with van der Waals surface area (Å²) in [7, 11) is 1.59. The SMILES string of the molecule is COCc1cc(=O)n2[nH]cc(-c3scc(-c4ccccc4)c3C)c2n1. The van der Waals surface area contributed by atoms with Gasteiger partial charge in [-0.05, 0) is 29.0 Å². The number of rotatable bonds is 4. The molecule has 0 bridgehead atoms. The van der Waals surface area contributed by atoms with E-state index in [9.17, 15) is 4.79 Å². The van der Waals surface area contributed by atoms with Gasteiger partial charge in [0.1, 0.15) is 0 Å². The molecule has 1 aromatic carbocycles. The number of aromatic amines is 1. The Kier molecular flexibility index (Phi) is 3.99. The van der Waals surface area contributed by atoms with Crippen LogP contribution in [-0.4, -0.2) is 21.7 Å². The standard InChI is InChI=1S/C19H17N3O2S/c1-12-16(13-6-4-3-5-7-13)11-25-18(12)15-9-20-22-17(23)8-14(10-24-2)21-19(15)22/h3-9,11,20H,10H2,1-2H3. The van der Waals surface area contributed by atoms with Crippen LogP contribution in [0.2, 0.25) is 0 Å². The van der Waals surface area contributed by atoms with Crippen molar-refractivity contribution in [3.8, 4) is 21.6 Å².